The zero-order valence-electron chi connectivity index (χ0n) is 14.2. The Morgan fingerprint density at radius 1 is 1.17 bits per heavy atom. The van der Waals surface area contributed by atoms with Crippen molar-refractivity contribution in [3.63, 3.8) is 0 Å². The van der Waals surface area contributed by atoms with E-state index in [1.807, 2.05) is 7.05 Å². The Morgan fingerprint density at radius 3 is 2.52 bits per heavy atom. The van der Waals surface area contributed by atoms with E-state index in [1.165, 1.54) is 31.2 Å². The first-order chi connectivity index (χ1) is 11.3. The topological polar surface area (TPSA) is 45.7 Å². The molecule has 1 saturated carbocycles. The number of hydrogen-bond acceptors (Lipinski definition) is 2. The molecule has 0 unspecified atom stereocenters. The SMILES string of the molecule is CN=C(NCC1(c2ccccc2)CCOCC1)NC1CCCC1. The molecule has 0 radical (unpaired) electrons. The fourth-order valence-electron chi connectivity index (χ4n) is 3.83. The Labute approximate surface area is 139 Å². The van der Waals surface area contributed by atoms with Crippen molar-refractivity contribution in [2.45, 2.75) is 50.0 Å². The van der Waals surface area contributed by atoms with E-state index in [-0.39, 0.29) is 5.41 Å². The number of guanidine groups is 1. The molecule has 1 aromatic rings. The van der Waals surface area contributed by atoms with Crippen molar-refractivity contribution >= 4 is 5.96 Å². The maximum absolute atomic E-state index is 5.61. The van der Waals surface area contributed by atoms with Crippen LogP contribution in [0.1, 0.15) is 44.1 Å². The molecule has 1 aliphatic carbocycles. The zero-order valence-corrected chi connectivity index (χ0v) is 14.2. The molecule has 1 aromatic carbocycles. The van der Waals surface area contributed by atoms with Gasteiger partial charge >= 0.3 is 0 Å². The third-order valence-corrected chi connectivity index (χ3v) is 5.35. The first-order valence-corrected chi connectivity index (χ1v) is 8.93. The largest absolute Gasteiger partial charge is 0.381 e. The summed E-state index contributed by atoms with van der Waals surface area (Å²) in [7, 11) is 1.86. The second kappa shape index (κ2) is 7.82. The average molecular weight is 315 g/mol. The van der Waals surface area contributed by atoms with Crippen molar-refractivity contribution in [3.8, 4) is 0 Å². The van der Waals surface area contributed by atoms with Gasteiger partial charge in [-0.1, -0.05) is 43.2 Å². The van der Waals surface area contributed by atoms with Gasteiger partial charge in [-0.3, -0.25) is 4.99 Å². The van der Waals surface area contributed by atoms with E-state index in [0.717, 1.165) is 38.6 Å². The summed E-state index contributed by atoms with van der Waals surface area (Å²) in [4.78, 5) is 4.42. The van der Waals surface area contributed by atoms with Gasteiger partial charge in [0.15, 0.2) is 5.96 Å². The van der Waals surface area contributed by atoms with Crippen LogP contribution in [0.5, 0.6) is 0 Å². The van der Waals surface area contributed by atoms with Crippen LogP contribution >= 0.6 is 0 Å². The first-order valence-electron chi connectivity index (χ1n) is 8.93. The number of hydrogen-bond donors (Lipinski definition) is 2. The van der Waals surface area contributed by atoms with Crippen molar-refractivity contribution in [3.05, 3.63) is 35.9 Å². The Bertz CT molecular complexity index is 503. The van der Waals surface area contributed by atoms with E-state index < -0.39 is 0 Å². The third kappa shape index (κ3) is 4.05. The molecule has 4 nitrogen and oxygen atoms in total. The van der Waals surface area contributed by atoms with Gasteiger partial charge in [0, 0.05) is 38.3 Å². The molecule has 0 aromatic heterocycles. The van der Waals surface area contributed by atoms with Gasteiger partial charge in [0.25, 0.3) is 0 Å². The van der Waals surface area contributed by atoms with Gasteiger partial charge in [-0.2, -0.15) is 0 Å². The van der Waals surface area contributed by atoms with Crippen LogP contribution in [0.15, 0.2) is 35.3 Å². The molecule has 2 N–H and O–H groups in total. The normalized spacial score (nSPS) is 22.0. The van der Waals surface area contributed by atoms with Gasteiger partial charge in [-0.15, -0.1) is 0 Å². The van der Waals surface area contributed by atoms with Crippen molar-refractivity contribution in [2.75, 3.05) is 26.8 Å². The van der Waals surface area contributed by atoms with Gasteiger partial charge in [-0.05, 0) is 31.2 Å². The molecule has 3 rings (SSSR count). The second-order valence-electron chi connectivity index (χ2n) is 6.81. The summed E-state index contributed by atoms with van der Waals surface area (Å²) in [6.45, 7) is 2.59. The van der Waals surface area contributed by atoms with Crippen LogP contribution in [0.4, 0.5) is 0 Å². The minimum Gasteiger partial charge on any atom is -0.381 e. The lowest BCUT2D eigenvalue weighted by Gasteiger charge is -2.38. The van der Waals surface area contributed by atoms with E-state index in [1.54, 1.807) is 0 Å². The number of rotatable bonds is 4. The fraction of sp³-hybridized carbons (Fsp3) is 0.632. The molecule has 1 saturated heterocycles. The predicted molar refractivity (Wildman–Crippen MR) is 94.9 cm³/mol. The molecule has 1 heterocycles. The number of ether oxygens (including phenoxy) is 1. The highest BCUT2D eigenvalue weighted by Gasteiger charge is 2.34. The monoisotopic (exact) mass is 315 g/mol. The lowest BCUT2D eigenvalue weighted by Crippen LogP contribution is -2.49. The standard InChI is InChI=1S/C19H29N3O/c1-20-18(22-17-9-5-6-10-17)21-15-19(11-13-23-14-12-19)16-7-3-2-4-8-16/h2-4,7-8,17H,5-6,9-15H2,1H3,(H2,20,21,22). The number of aliphatic imine (C=N–C) groups is 1. The molecule has 0 bridgehead atoms. The summed E-state index contributed by atoms with van der Waals surface area (Å²) in [5.74, 6) is 0.943. The van der Waals surface area contributed by atoms with E-state index in [0.29, 0.717) is 6.04 Å². The van der Waals surface area contributed by atoms with Gasteiger partial charge in [0.1, 0.15) is 0 Å². The highest BCUT2D eigenvalue weighted by molar-refractivity contribution is 5.80. The zero-order chi connectivity index (χ0) is 16.0. The van der Waals surface area contributed by atoms with E-state index in [2.05, 4.69) is 46.0 Å². The Hall–Kier alpha value is -1.55. The average Bonchev–Trinajstić information content (AvgIpc) is 3.13. The van der Waals surface area contributed by atoms with Crippen LogP contribution in [-0.4, -0.2) is 38.8 Å². The Morgan fingerprint density at radius 2 is 1.87 bits per heavy atom. The molecule has 1 aliphatic heterocycles. The summed E-state index contributed by atoms with van der Waals surface area (Å²) in [5.41, 5.74) is 1.56. The number of benzene rings is 1. The van der Waals surface area contributed by atoms with Gasteiger partial charge in [-0.25, -0.2) is 0 Å². The second-order valence-corrected chi connectivity index (χ2v) is 6.81. The van der Waals surface area contributed by atoms with Gasteiger partial charge in [0.05, 0.1) is 0 Å². The van der Waals surface area contributed by atoms with Crippen LogP contribution in [0, 0.1) is 0 Å². The third-order valence-electron chi connectivity index (χ3n) is 5.35. The van der Waals surface area contributed by atoms with Crippen LogP contribution in [0.2, 0.25) is 0 Å². The number of nitrogens with zero attached hydrogens (tertiary/aromatic N) is 1. The van der Waals surface area contributed by atoms with Crippen LogP contribution < -0.4 is 10.6 Å². The van der Waals surface area contributed by atoms with Gasteiger partial charge < -0.3 is 15.4 Å². The van der Waals surface area contributed by atoms with E-state index in [4.69, 9.17) is 4.74 Å². The molecule has 2 fully saturated rings. The highest BCUT2D eigenvalue weighted by Crippen LogP contribution is 2.34. The summed E-state index contributed by atoms with van der Waals surface area (Å²) in [6, 6.07) is 11.4. The summed E-state index contributed by atoms with van der Waals surface area (Å²) in [6.07, 6.45) is 7.31. The van der Waals surface area contributed by atoms with Crippen molar-refractivity contribution in [2.24, 2.45) is 4.99 Å². The quantitative estimate of drug-likeness (QED) is 0.663. The van der Waals surface area contributed by atoms with Crippen molar-refractivity contribution in [1.82, 2.24) is 10.6 Å². The molecule has 23 heavy (non-hydrogen) atoms. The highest BCUT2D eigenvalue weighted by atomic mass is 16.5. The van der Waals surface area contributed by atoms with E-state index >= 15 is 0 Å². The summed E-state index contributed by atoms with van der Waals surface area (Å²) in [5, 5.41) is 7.17. The molecular formula is C19H29N3O. The lowest BCUT2D eigenvalue weighted by atomic mass is 9.74. The summed E-state index contributed by atoms with van der Waals surface area (Å²) < 4.78 is 5.61. The first kappa shape index (κ1) is 16.3. The predicted octanol–water partition coefficient (Wildman–Crippen LogP) is 2.84. The molecule has 2 aliphatic rings. The molecule has 0 spiro atoms. The van der Waals surface area contributed by atoms with Crippen molar-refractivity contribution < 1.29 is 4.74 Å². The molecule has 0 amide bonds. The van der Waals surface area contributed by atoms with Crippen molar-refractivity contribution in [1.29, 1.82) is 0 Å². The minimum atomic E-state index is 0.146. The number of nitrogens with one attached hydrogen (secondary N) is 2. The Kier molecular flexibility index (Phi) is 5.55. The molecule has 0 atom stereocenters. The van der Waals surface area contributed by atoms with E-state index in [9.17, 15) is 0 Å². The lowest BCUT2D eigenvalue weighted by molar-refractivity contribution is 0.0513. The van der Waals surface area contributed by atoms with Crippen LogP contribution in [0.25, 0.3) is 0 Å². The van der Waals surface area contributed by atoms with Gasteiger partial charge in [0.2, 0.25) is 0 Å². The summed E-state index contributed by atoms with van der Waals surface area (Å²) >= 11 is 0. The fourth-order valence-corrected chi connectivity index (χ4v) is 3.83. The smallest absolute Gasteiger partial charge is 0.191 e. The molecule has 4 heteroatoms. The maximum atomic E-state index is 5.61. The van der Waals surface area contributed by atoms with Crippen LogP contribution in [-0.2, 0) is 10.2 Å². The Balaban J connectivity index is 1.66. The maximum Gasteiger partial charge on any atom is 0.191 e. The minimum absolute atomic E-state index is 0.146. The molecular weight excluding hydrogens is 286 g/mol. The molecule has 126 valence electrons. The van der Waals surface area contributed by atoms with Crippen LogP contribution in [0.3, 0.4) is 0 Å².